The lowest BCUT2D eigenvalue weighted by Crippen LogP contribution is -2.25. The fraction of sp³-hybridized carbons (Fsp3) is 0.381. The van der Waals surface area contributed by atoms with Gasteiger partial charge in [-0.05, 0) is 50.3 Å². The molecule has 0 fully saturated rings. The van der Waals surface area contributed by atoms with E-state index in [1.165, 1.54) is 28.6 Å². The number of hydrogen-bond acceptors (Lipinski definition) is 6. The number of fused-ring (bicyclic) bond motifs is 3. The van der Waals surface area contributed by atoms with Crippen LogP contribution in [0.1, 0.15) is 30.2 Å². The molecule has 8 heteroatoms. The van der Waals surface area contributed by atoms with Crippen LogP contribution in [0.15, 0.2) is 34.2 Å². The van der Waals surface area contributed by atoms with Crippen LogP contribution in [0.4, 0.5) is 5.69 Å². The van der Waals surface area contributed by atoms with Gasteiger partial charge in [0.2, 0.25) is 5.91 Å². The molecule has 1 unspecified atom stereocenters. The van der Waals surface area contributed by atoms with Crippen molar-refractivity contribution < 1.29 is 9.53 Å². The largest absolute Gasteiger partial charge is 0.495 e. The van der Waals surface area contributed by atoms with Crippen LogP contribution in [0.2, 0.25) is 0 Å². The molecule has 0 saturated carbocycles. The maximum atomic E-state index is 13.0. The molecule has 0 aliphatic heterocycles. The molecule has 0 spiro atoms. The van der Waals surface area contributed by atoms with Crippen molar-refractivity contribution >= 4 is 44.9 Å². The topological polar surface area (TPSA) is 73.2 Å². The molecule has 3 aromatic rings. The first-order chi connectivity index (χ1) is 14.0. The van der Waals surface area contributed by atoms with Gasteiger partial charge in [-0.2, -0.15) is 0 Å². The van der Waals surface area contributed by atoms with Crippen LogP contribution < -0.4 is 15.6 Å². The van der Waals surface area contributed by atoms with Gasteiger partial charge < -0.3 is 10.1 Å². The highest BCUT2D eigenvalue weighted by Crippen LogP contribution is 2.35. The number of carbonyl (C=O) groups excluding carboxylic acids is 1. The number of thioether (sulfide) groups is 1. The minimum atomic E-state index is -0.426. The lowest BCUT2D eigenvalue weighted by Gasteiger charge is -2.15. The van der Waals surface area contributed by atoms with Crippen LogP contribution in [0, 0.1) is 0 Å². The quantitative estimate of drug-likeness (QED) is 0.490. The Hall–Kier alpha value is -2.32. The second-order valence-electron chi connectivity index (χ2n) is 7.10. The number of rotatable bonds is 5. The Morgan fingerprint density at radius 2 is 2.07 bits per heavy atom. The molecule has 0 bridgehead atoms. The molecular formula is C21H23N3O3S2. The Morgan fingerprint density at radius 3 is 2.86 bits per heavy atom. The Labute approximate surface area is 177 Å². The van der Waals surface area contributed by atoms with E-state index in [0.29, 0.717) is 16.6 Å². The number of aryl methyl sites for hydroxylation is 2. The van der Waals surface area contributed by atoms with Gasteiger partial charge in [0.15, 0.2) is 5.16 Å². The number of anilines is 1. The van der Waals surface area contributed by atoms with Gasteiger partial charge >= 0.3 is 0 Å². The number of thiophene rings is 1. The predicted octanol–water partition coefficient (Wildman–Crippen LogP) is 4.00. The van der Waals surface area contributed by atoms with Gasteiger partial charge in [-0.1, -0.05) is 23.9 Å². The van der Waals surface area contributed by atoms with Crippen molar-refractivity contribution in [3.63, 3.8) is 0 Å². The van der Waals surface area contributed by atoms with E-state index in [1.807, 2.05) is 19.1 Å². The zero-order valence-electron chi connectivity index (χ0n) is 16.7. The van der Waals surface area contributed by atoms with Crippen molar-refractivity contribution in [1.82, 2.24) is 9.55 Å². The number of carbonyl (C=O) groups is 1. The zero-order chi connectivity index (χ0) is 20.5. The van der Waals surface area contributed by atoms with Crippen LogP contribution in [-0.2, 0) is 24.7 Å². The standard InChI is InChI=1S/C21H23N3O3S2/c1-12(18(25)22-14-9-5-6-10-15(14)27-3)28-21-23-19-17(20(26)24(21)2)13-8-4-7-11-16(13)29-19/h5-6,9-10,12H,4,7-8,11H2,1-3H3,(H,22,25). The minimum absolute atomic E-state index is 0.0192. The maximum Gasteiger partial charge on any atom is 0.262 e. The molecule has 29 heavy (non-hydrogen) atoms. The molecule has 1 aliphatic carbocycles. The number of ether oxygens (including phenoxy) is 1. The Morgan fingerprint density at radius 1 is 1.31 bits per heavy atom. The van der Waals surface area contributed by atoms with Gasteiger partial charge in [-0.25, -0.2) is 4.98 Å². The van der Waals surface area contributed by atoms with Crippen LogP contribution in [0.3, 0.4) is 0 Å². The molecule has 1 aromatic carbocycles. The van der Waals surface area contributed by atoms with Crippen molar-refractivity contribution in [2.24, 2.45) is 7.05 Å². The number of para-hydroxylation sites is 2. The van der Waals surface area contributed by atoms with E-state index in [1.54, 1.807) is 42.2 Å². The molecule has 152 valence electrons. The van der Waals surface area contributed by atoms with Gasteiger partial charge in [-0.15, -0.1) is 11.3 Å². The number of amides is 1. The van der Waals surface area contributed by atoms with Crippen LogP contribution in [0.25, 0.3) is 10.2 Å². The summed E-state index contributed by atoms with van der Waals surface area (Å²) >= 11 is 2.92. The summed E-state index contributed by atoms with van der Waals surface area (Å²) in [5, 5.41) is 3.79. The Bertz CT molecular complexity index is 1140. The molecule has 0 radical (unpaired) electrons. The first-order valence-electron chi connectivity index (χ1n) is 9.61. The smallest absolute Gasteiger partial charge is 0.262 e. The monoisotopic (exact) mass is 429 g/mol. The maximum absolute atomic E-state index is 13.0. The highest BCUT2D eigenvalue weighted by Gasteiger charge is 2.23. The molecule has 0 saturated heterocycles. The normalized spacial score (nSPS) is 14.4. The molecule has 1 amide bonds. The van der Waals surface area contributed by atoms with Crippen LogP contribution >= 0.6 is 23.1 Å². The van der Waals surface area contributed by atoms with E-state index >= 15 is 0 Å². The molecular weight excluding hydrogens is 406 g/mol. The van der Waals surface area contributed by atoms with E-state index in [2.05, 4.69) is 5.32 Å². The fourth-order valence-corrected chi connectivity index (χ4v) is 5.74. The van der Waals surface area contributed by atoms with Gasteiger partial charge in [0.05, 0.1) is 23.4 Å². The second-order valence-corrected chi connectivity index (χ2v) is 9.49. The van der Waals surface area contributed by atoms with E-state index < -0.39 is 5.25 Å². The number of nitrogens with zero attached hydrogens (tertiary/aromatic N) is 2. The fourth-order valence-electron chi connectivity index (χ4n) is 3.57. The number of benzene rings is 1. The third-order valence-electron chi connectivity index (χ3n) is 5.17. The summed E-state index contributed by atoms with van der Waals surface area (Å²) in [5.41, 5.74) is 1.78. The number of nitrogens with one attached hydrogen (secondary N) is 1. The summed E-state index contributed by atoms with van der Waals surface area (Å²) in [6.07, 6.45) is 4.27. The van der Waals surface area contributed by atoms with Crippen molar-refractivity contribution in [3.05, 3.63) is 45.1 Å². The highest BCUT2D eigenvalue weighted by molar-refractivity contribution is 8.00. The van der Waals surface area contributed by atoms with Crippen molar-refractivity contribution in [1.29, 1.82) is 0 Å². The molecule has 6 nitrogen and oxygen atoms in total. The molecule has 4 rings (SSSR count). The molecule has 1 N–H and O–H groups in total. The van der Waals surface area contributed by atoms with E-state index in [4.69, 9.17) is 9.72 Å². The summed E-state index contributed by atoms with van der Waals surface area (Å²) in [6, 6.07) is 7.28. The Balaban J connectivity index is 1.59. The van der Waals surface area contributed by atoms with Gasteiger partial charge in [-0.3, -0.25) is 14.2 Å². The average Bonchev–Trinajstić information content (AvgIpc) is 3.10. The molecule has 2 heterocycles. The van der Waals surface area contributed by atoms with E-state index in [9.17, 15) is 9.59 Å². The third kappa shape index (κ3) is 3.79. The Kier molecular flexibility index (Phi) is 5.65. The molecule has 2 aromatic heterocycles. The molecule has 1 atom stereocenters. The lowest BCUT2D eigenvalue weighted by molar-refractivity contribution is -0.115. The lowest BCUT2D eigenvalue weighted by atomic mass is 9.97. The predicted molar refractivity (Wildman–Crippen MR) is 118 cm³/mol. The SMILES string of the molecule is COc1ccccc1NC(=O)C(C)Sc1nc2sc3c(c2c(=O)n1C)CCCC3. The third-order valence-corrected chi connectivity index (χ3v) is 7.50. The van der Waals surface area contributed by atoms with Crippen molar-refractivity contribution in [2.75, 3.05) is 12.4 Å². The van der Waals surface area contributed by atoms with Crippen molar-refractivity contribution in [2.45, 2.75) is 43.0 Å². The summed E-state index contributed by atoms with van der Waals surface area (Å²) < 4.78 is 6.86. The molecule has 1 aliphatic rings. The first kappa shape index (κ1) is 20.0. The summed E-state index contributed by atoms with van der Waals surface area (Å²) in [6.45, 7) is 1.81. The first-order valence-corrected chi connectivity index (χ1v) is 11.3. The highest BCUT2D eigenvalue weighted by atomic mass is 32.2. The van der Waals surface area contributed by atoms with Crippen LogP contribution in [0.5, 0.6) is 5.75 Å². The summed E-state index contributed by atoms with van der Waals surface area (Å²) in [4.78, 5) is 32.5. The summed E-state index contributed by atoms with van der Waals surface area (Å²) in [5.74, 6) is 0.438. The van der Waals surface area contributed by atoms with Gasteiger partial charge in [0.25, 0.3) is 5.56 Å². The minimum Gasteiger partial charge on any atom is -0.495 e. The van der Waals surface area contributed by atoms with Crippen molar-refractivity contribution in [3.8, 4) is 5.75 Å². The zero-order valence-corrected chi connectivity index (χ0v) is 18.3. The second kappa shape index (κ2) is 8.20. The van der Waals surface area contributed by atoms with E-state index in [-0.39, 0.29) is 11.5 Å². The average molecular weight is 430 g/mol. The van der Waals surface area contributed by atoms with E-state index in [0.717, 1.165) is 29.5 Å². The van der Waals surface area contributed by atoms with Gasteiger partial charge in [0, 0.05) is 11.9 Å². The number of methoxy groups -OCH3 is 1. The number of hydrogen-bond donors (Lipinski definition) is 1. The summed E-state index contributed by atoms with van der Waals surface area (Å²) in [7, 11) is 3.30. The van der Waals surface area contributed by atoms with Crippen LogP contribution in [-0.4, -0.2) is 27.8 Å². The number of aromatic nitrogens is 2. The van der Waals surface area contributed by atoms with Gasteiger partial charge in [0.1, 0.15) is 10.6 Å².